The average molecular weight is 279 g/mol. The van der Waals surface area contributed by atoms with Gasteiger partial charge in [-0.05, 0) is 31.2 Å². The Kier molecular flexibility index (Phi) is 3.41. The number of hydrogen-bond donors (Lipinski definition) is 0. The number of para-hydroxylation sites is 2. The van der Waals surface area contributed by atoms with Gasteiger partial charge in [0.2, 0.25) is 0 Å². The van der Waals surface area contributed by atoms with Crippen LogP contribution in [0.4, 0.5) is 4.39 Å². The van der Waals surface area contributed by atoms with E-state index in [9.17, 15) is 4.39 Å². The van der Waals surface area contributed by atoms with Crippen LogP contribution < -0.4 is 0 Å². The molecule has 0 bridgehead atoms. The number of imidazole rings is 1. The second kappa shape index (κ2) is 5.37. The number of benzene rings is 2. The summed E-state index contributed by atoms with van der Waals surface area (Å²) in [5, 5.41) is 9.06. The monoisotopic (exact) mass is 279 g/mol. The van der Waals surface area contributed by atoms with Gasteiger partial charge in [-0.25, -0.2) is 9.37 Å². The van der Waals surface area contributed by atoms with Gasteiger partial charge < -0.3 is 4.57 Å². The standard InChI is InChI=1S/C17H14FN3/c1-12(10-19)11-21-16-9-5-4-8-15(16)20-17(21)13-6-2-3-7-14(13)18/h2-9,12H,11H2,1H3. The Morgan fingerprint density at radius 2 is 1.90 bits per heavy atom. The molecule has 1 heterocycles. The van der Waals surface area contributed by atoms with E-state index in [4.69, 9.17) is 5.26 Å². The Morgan fingerprint density at radius 1 is 1.19 bits per heavy atom. The topological polar surface area (TPSA) is 41.6 Å². The van der Waals surface area contributed by atoms with Gasteiger partial charge in [-0.2, -0.15) is 5.26 Å². The average Bonchev–Trinajstić information content (AvgIpc) is 2.86. The van der Waals surface area contributed by atoms with Gasteiger partial charge >= 0.3 is 0 Å². The van der Waals surface area contributed by atoms with Gasteiger partial charge in [0, 0.05) is 6.54 Å². The van der Waals surface area contributed by atoms with E-state index in [2.05, 4.69) is 11.1 Å². The number of halogens is 1. The van der Waals surface area contributed by atoms with E-state index in [1.54, 1.807) is 18.2 Å². The Labute approximate surface area is 122 Å². The molecule has 0 fully saturated rings. The first-order valence-electron chi connectivity index (χ1n) is 6.80. The smallest absolute Gasteiger partial charge is 0.144 e. The lowest BCUT2D eigenvalue weighted by atomic mass is 10.1. The van der Waals surface area contributed by atoms with E-state index < -0.39 is 0 Å². The van der Waals surface area contributed by atoms with Crippen LogP contribution in [0.3, 0.4) is 0 Å². The van der Waals surface area contributed by atoms with Crippen molar-refractivity contribution < 1.29 is 4.39 Å². The highest BCUT2D eigenvalue weighted by Gasteiger charge is 2.16. The van der Waals surface area contributed by atoms with Crippen molar-refractivity contribution in [1.29, 1.82) is 5.26 Å². The zero-order valence-corrected chi connectivity index (χ0v) is 11.6. The lowest BCUT2D eigenvalue weighted by Gasteiger charge is -2.11. The SMILES string of the molecule is CC(C#N)Cn1c(-c2ccccc2F)nc2ccccc21. The first-order chi connectivity index (χ1) is 10.2. The number of nitriles is 1. The number of rotatable bonds is 3. The number of nitrogens with zero attached hydrogens (tertiary/aromatic N) is 3. The Balaban J connectivity index is 2.24. The summed E-state index contributed by atoms with van der Waals surface area (Å²) in [6.07, 6.45) is 0. The first kappa shape index (κ1) is 13.3. The van der Waals surface area contributed by atoms with Crippen LogP contribution in [-0.4, -0.2) is 9.55 Å². The van der Waals surface area contributed by atoms with E-state index in [1.807, 2.05) is 35.8 Å². The molecule has 4 heteroatoms. The fourth-order valence-corrected chi connectivity index (χ4v) is 2.42. The predicted molar refractivity (Wildman–Crippen MR) is 79.9 cm³/mol. The fourth-order valence-electron chi connectivity index (χ4n) is 2.42. The van der Waals surface area contributed by atoms with Crippen LogP contribution in [0.2, 0.25) is 0 Å². The molecule has 21 heavy (non-hydrogen) atoms. The number of hydrogen-bond acceptors (Lipinski definition) is 2. The van der Waals surface area contributed by atoms with Gasteiger partial charge in [-0.1, -0.05) is 24.3 Å². The normalized spacial score (nSPS) is 12.2. The van der Waals surface area contributed by atoms with Crippen molar-refractivity contribution in [2.24, 2.45) is 5.92 Å². The summed E-state index contributed by atoms with van der Waals surface area (Å²) in [6.45, 7) is 2.33. The number of fused-ring (bicyclic) bond motifs is 1. The van der Waals surface area contributed by atoms with Gasteiger partial charge in [-0.15, -0.1) is 0 Å². The molecule has 0 saturated heterocycles. The van der Waals surface area contributed by atoms with E-state index >= 15 is 0 Å². The lowest BCUT2D eigenvalue weighted by Crippen LogP contribution is -2.07. The maximum absolute atomic E-state index is 14.1. The minimum Gasteiger partial charge on any atom is -0.323 e. The minimum absolute atomic E-state index is 0.173. The summed E-state index contributed by atoms with van der Waals surface area (Å²) < 4.78 is 16.0. The molecule has 0 aliphatic rings. The van der Waals surface area contributed by atoms with Crippen LogP contribution in [0.15, 0.2) is 48.5 Å². The molecule has 0 saturated carbocycles. The second-order valence-corrected chi connectivity index (χ2v) is 5.04. The second-order valence-electron chi connectivity index (χ2n) is 5.04. The van der Waals surface area contributed by atoms with Crippen LogP contribution in [0.5, 0.6) is 0 Å². The predicted octanol–water partition coefficient (Wildman–Crippen LogP) is 4.00. The summed E-state index contributed by atoms with van der Waals surface area (Å²) >= 11 is 0. The summed E-state index contributed by atoms with van der Waals surface area (Å²) in [4.78, 5) is 4.54. The van der Waals surface area contributed by atoms with Crippen molar-refractivity contribution >= 4 is 11.0 Å². The van der Waals surface area contributed by atoms with Crippen molar-refractivity contribution in [2.75, 3.05) is 0 Å². The van der Waals surface area contributed by atoms with E-state index in [1.165, 1.54) is 6.07 Å². The van der Waals surface area contributed by atoms with Crippen molar-refractivity contribution in [3.8, 4) is 17.5 Å². The minimum atomic E-state index is -0.307. The Hall–Kier alpha value is -2.67. The molecule has 3 rings (SSSR count). The Morgan fingerprint density at radius 3 is 2.67 bits per heavy atom. The molecule has 1 atom stereocenters. The molecule has 0 radical (unpaired) electrons. The molecule has 0 aliphatic heterocycles. The van der Waals surface area contributed by atoms with Gasteiger partial charge in [0.25, 0.3) is 0 Å². The highest BCUT2D eigenvalue weighted by molar-refractivity contribution is 5.80. The third-order valence-electron chi connectivity index (χ3n) is 3.45. The van der Waals surface area contributed by atoms with Gasteiger partial charge in [0.05, 0.1) is 28.6 Å². The third-order valence-corrected chi connectivity index (χ3v) is 3.45. The molecule has 2 aromatic carbocycles. The lowest BCUT2D eigenvalue weighted by molar-refractivity contribution is 0.590. The third kappa shape index (κ3) is 2.38. The first-order valence-corrected chi connectivity index (χ1v) is 6.80. The highest BCUT2D eigenvalue weighted by atomic mass is 19.1. The molecule has 0 spiro atoms. The molecule has 3 nitrogen and oxygen atoms in total. The quantitative estimate of drug-likeness (QED) is 0.727. The molecular weight excluding hydrogens is 265 g/mol. The maximum atomic E-state index is 14.1. The van der Waals surface area contributed by atoms with Crippen LogP contribution in [-0.2, 0) is 6.54 Å². The van der Waals surface area contributed by atoms with Gasteiger partial charge in [0.1, 0.15) is 11.6 Å². The Bertz CT molecular complexity index is 829. The van der Waals surface area contributed by atoms with E-state index in [-0.39, 0.29) is 11.7 Å². The van der Waals surface area contributed by atoms with Crippen LogP contribution >= 0.6 is 0 Å². The largest absolute Gasteiger partial charge is 0.323 e. The molecule has 1 unspecified atom stereocenters. The van der Waals surface area contributed by atoms with Crippen molar-refractivity contribution in [3.05, 3.63) is 54.3 Å². The molecular formula is C17H14FN3. The molecule has 0 N–H and O–H groups in total. The van der Waals surface area contributed by atoms with Gasteiger partial charge in [-0.3, -0.25) is 0 Å². The van der Waals surface area contributed by atoms with Crippen LogP contribution in [0.25, 0.3) is 22.4 Å². The molecule has 1 aromatic heterocycles. The molecule has 104 valence electrons. The van der Waals surface area contributed by atoms with Crippen LogP contribution in [0.1, 0.15) is 6.92 Å². The zero-order chi connectivity index (χ0) is 14.8. The molecule has 0 amide bonds. The van der Waals surface area contributed by atoms with Crippen LogP contribution in [0, 0.1) is 23.1 Å². The molecule has 3 aromatic rings. The van der Waals surface area contributed by atoms with Gasteiger partial charge in [0.15, 0.2) is 0 Å². The van der Waals surface area contributed by atoms with E-state index in [0.717, 1.165) is 11.0 Å². The highest BCUT2D eigenvalue weighted by Crippen LogP contribution is 2.27. The van der Waals surface area contributed by atoms with Crippen molar-refractivity contribution in [3.63, 3.8) is 0 Å². The number of aromatic nitrogens is 2. The molecule has 0 aliphatic carbocycles. The summed E-state index contributed by atoms with van der Waals surface area (Å²) in [5.74, 6) is 0.0863. The maximum Gasteiger partial charge on any atom is 0.144 e. The summed E-state index contributed by atoms with van der Waals surface area (Å²) in [6, 6.07) is 16.5. The fraction of sp³-hybridized carbons (Fsp3) is 0.176. The van der Waals surface area contributed by atoms with Crippen molar-refractivity contribution in [2.45, 2.75) is 13.5 Å². The summed E-state index contributed by atoms with van der Waals surface area (Å²) in [5.41, 5.74) is 2.18. The summed E-state index contributed by atoms with van der Waals surface area (Å²) in [7, 11) is 0. The van der Waals surface area contributed by atoms with Crippen molar-refractivity contribution in [1.82, 2.24) is 9.55 Å². The van der Waals surface area contributed by atoms with E-state index in [0.29, 0.717) is 17.9 Å². The zero-order valence-electron chi connectivity index (χ0n) is 11.6.